The van der Waals surface area contributed by atoms with Gasteiger partial charge in [-0.25, -0.2) is 13.1 Å². The largest absolute Gasteiger partial charge is 0.328 e. The fourth-order valence-corrected chi connectivity index (χ4v) is 4.27. The summed E-state index contributed by atoms with van der Waals surface area (Å²) >= 11 is 11.7. The number of benzene rings is 1. The number of nitrogens with two attached hydrogens (primary N) is 1. The van der Waals surface area contributed by atoms with Crippen molar-refractivity contribution in [2.75, 3.05) is 0 Å². The Morgan fingerprint density at radius 1 is 1.15 bits per heavy atom. The molecule has 20 heavy (non-hydrogen) atoms. The van der Waals surface area contributed by atoms with E-state index in [0.717, 1.165) is 25.7 Å². The second kappa shape index (κ2) is 7.29. The van der Waals surface area contributed by atoms with Crippen molar-refractivity contribution >= 4 is 45.6 Å². The van der Waals surface area contributed by atoms with Crippen molar-refractivity contribution in [3.8, 4) is 0 Å². The van der Waals surface area contributed by atoms with Crippen molar-refractivity contribution in [2.24, 2.45) is 5.73 Å². The number of hydrogen-bond acceptors (Lipinski definition) is 3. The third kappa shape index (κ3) is 4.48. The molecule has 0 atom stereocenters. The number of hydrogen-bond donors (Lipinski definition) is 2. The number of sulfonamides is 1. The summed E-state index contributed by atoms with van der Waals surface area (Å²) in [7, 11) is -3.64. The zero-order valence-corrected chi connectivity index (χ0v) is 13.8. The van der Waals surface area contributed by atoms with Crippen molar-refractivity contribution in [2.45, 2.75) is 42.7 Å². The van der Waals surface area contributed by atoms with E-state index in [2.05, 4.69) is 4.72 Å². The highest BCUT2D eigenvalue weighted by atomic mass is 35.5. The van der Waals surface area contributed by atoms with E-state index in [1.165, 1.54) is 12.1 Å². The molecule has 0 aliphatic heterocycles. The van der Waals surface area contributed by atoms with Crippen LogP contribution in [0.4, 0.5) is 0 Å². The lowest BCUT2D eigenvalue weighted by Gasteiger charge is -2.26. The Kier molecular flexibility index (Phi) is 6.57. The van der Waals surface area contributed by atoms with E-state index in [0.29, 0.717) is 5.02 Å². The van der Waals surface area contributed by atoms with Gasteiger partial charge in [-0.05, 0) is 43.9 Å². The summed E-state index contributed by atoms with van der Waals surface area (Å²) in [4.78, 5) is 0.0246. The summed E-state index contributed by atoms with van der Waals surface area (Å²) in [6, 6.07) is 4.49. The lowest BCUT2D eigenvalue weighted by molar-refractivity contribution is 0.373. The van der Waals surface area contributed by atoms with Crippen molar-refractivity contribution in [1.82, 2.24) is 4.72 Å². The highest BCUT2D eigenvalue weighted by molar-refractivity contribution is 7.89. The van der Waals surface area contributed by atoms with E-state index in [9.17, 15) is 8.42 Å². The summed E-state index contributed by atoms with van der Waals surface area (Å²) in [5.41, 5.74) is 5.80. The molecule has 0 heterocycles. The lowest BCUT2D eigenvalue weighted by atomic mass is 9.93. The second-order valence-corrected chi connectivity index (χ2v) is 7.33. The van der Waals surface area contributed by atoms with Crippen molar-refractivity contribution in [3.63, 3.8) is 0 Å². The first kappa shape index (κ1) is 18.0. The molecule has 4 nitrogen and oxygen atoms in total. The average Bonchev–Trinajstić information content (AvgIpc) is 2.35. The van der Waals surface area contributed by atoms with E-state index >= 15 is 0 Å². The van der Waals surface area contributed by atoms with Crippen LogP contribution in [-0.2, 0) is 10.0 Å². The molecule has 3 N–H and O–H groups in total. The summed E-state index contributed by atoms with van der Waals surface area (Å²) in [5.74, 6) is 0. The third-order valence-corrected chi connectivity index (χ3v) is 5.51. The highest BCUT2D eigenvalue weighted by Gasteiger charge is 2.25. The molecule has 1 aromatic carbocycles. The molecule has 1 aromatic rings. The molecular weight excluding hydrogens is 343 g/mol. The molecule has 0 unspecified atom stereocenters. The maximum Gasteiger partial charge on any atom is 0.242 e. The Bertz CT molecular complexity index is 558. The quantitative estimate of drug-likeness (QED) is 0.871. The molecule has 0 saturated heterocycles. The average molecular weight is 360 g/mol. The van der Waals surface area contributed by atoms with Crippen molar-refractivity contribution < 1.29 is 8.42 Å². The molecule has 1 saturated carbocycles. The smallest absolute Gasteiger partial charge is 0.242 e. The molecule has 0 aromatic heterocycles. The topological polar surface area (TPSA) is 72.2 Å². The van der Waals surface area contributed by atoms with E-state index < -0.39 is 10.0 Å². The van der Waals surface area contributed by atoms with E-state index in [1.807, 2.05) is 0 Å². The second-order valence-electron chi connectivity index (χ2n) is 4.81. The molecule has 0 bridgehead atoms. The fraction of sp³-hybridized carbons (Fsp3) is 0.500. The van der Waals surface area contributed by atoms with Gasteiger partial charge in [0, 0.05) is 17.1 Å². The first-order valence-corrected chi connectivity index (χ1v) is 8.35. The Morgan fingerprint density at radius 3 is 2.35 bits per heavy atom. The minimum Gasteiger partial charge on any atom is -0.328 e. The van der Waals surface area contributed by atoms with Gasteiger partial charge in [0.15, 0.2) is 0 Å². The van der Waals surface area contributed by atoms with Crippen LogP contribution in [0.5, 0.6) is 0 Å². The van der Waals surface area contributed by atoms with Gasteiger partial charge in [0.1, 0.15) is 4.90 Å². The van der Waals surface area contributed by atoms with Crippen LogP contribution in [0.15, 0.2) is 23.1 Å². The van der Waals surface area contributed by atoms with Crippen LogP contribution in [0.3, 0.4) is 0 Å². The summed E-state index contributed by atoms with van der Waals surface area (Å²) in [6.07, 6.45) is 3.16. The van der Waals surface area contributed by atoms with Crippen LogP contribution < -0.4 is 10.5 Å². The van der Waals surface area contributed by atoms with Gasteiger partial charge in [-0.15, -0.1) is 12.4 Å². The van der Waals surface area contributed by atoms with Gasteiger partial charge in [-0.3, -0.25) is 0 Å². The maximum absolute atomic E-state index is 12.3. The van der Waals surface area contributed by atoms with Gasteiger partial charge in [-0.2, -0.15) is 0 Å². The minimum atomic E-state index is -3.64. The number of rotatable bonds is 3. The van der Waals surface area contributed by atoms with Gasteiger partial charge in [-0.1, -0.05) is 23.2 Å². The van der Waals surface area contributed by atoms with Gasteiger partial charge in [0.25, 0.3) is 0 Å². The maximum atomic E-state index is 12.3. The third-order valence-electron chi connectivity index (χ3n) is 3.28. The molecular formula is C12H17Cl3N2O2S. The zero-order chi connectivity index (χ0) is 14.0. The van der Waals surface area contributed by atoms with Gasteiger partial charge in [0.2, 0.25) is 10.0 Å². The van der Waals surface area contributed by atoms with E-state index in [-0.39, 0.29) is 34.4 Å². The van der Waals surface area contributed by atoms with E-state index in [1.54, 1.807) is 6.07 Å². The van der Waals surface area contributed by atoms with Crippen LogP contribution >= 0.6 is 35.6 Å². The standard InChI is InChI=1S/C12H16Cl2N2O2S.ClH/c13-8-1-6-11(14)12(7-8)19(17,18)16-10-4-2-9(15)3-5-10;/h1,6-7,9-10,16H,2-5,15H2;1H. The monoisotopic (exact) mass is 358 g/mol. The SMILES string of the molecule is Cl.NC1CCC(NS(=O)(=O)c2cc(Cl)ccc2Cl)CC1. The molecule has 8 heteroatoms. The van der Waals surface area contributed by atoms with Crippen LogP contribution in [0, 0.1) is 0 Å². The molecule has 2 rings (SSSR count). The zero-order valence-electron chi connectivity index (χ0n) is 10.7. The first-order valence-electron chi connectivity index (χ1n) is 6.11. The number of nitrogens with one attached hydrogen (secondary N) is 1. The van der Waals surface area contributed by atoms with E-state index in [4.69, 9.17) is 28.9 Å². The molecule has 1 aliphatic rings. The van der Waals surface area contributed by atoms with Crippen LogP contribution in [0.1, 0.15) is 25.7 Å². The fourth-order valence-electron chi connectivity index (χ4n) is 2.20. The Hall–Kier alpha value is -0.0400. The molecule has 0 radical (unpaired) electrons. The molecule has 1 fully saturated rings. The number of halogens is 3. The Labute approximate surface area is 135 Å². The first-order chi connectivity index (χ1) is 8.88. The minimum absolute atomic E-state index is 0. The van der Waals surface area contributed by atoms with Crippen LogP contribution in [0.2, 0.25) is 10.0 Å². The van der Waals surface area contributed by atoms with Crippen LogP contribution in [-0.4, -0.2) is 20.5 Å². The molecule has 0 spiro atoms. The molecule has 1 aliphatic carbocycles. The summed E-state index contributed by atoms with van der Waals surface area (Å²) in [5, 5.41) is 0.514. The molecule has 0 amide bonds. The Balaban J connectivity index is 0.00000200. The highest BCUT2D eigenvalue weighted by Crippen LogP contribution is 2.26. The van der Waals surface area contributed by atoms with Crippen molar-refractivity contribution in [1.29, 1.82) is 0 Å². The van der Waals surface area contributed by atoms with Crippen LogP contribution in [0.25, 0.3) is 0 Å². The Morgan fingerprint density at radius 2 is 1.75 bits per heavy atom. The predicted octanol–water partition coefficient (Wildman–Crippen LogP) is 2.96. The summed E-state index contributed by atoms with van der Waals surface area (Å²) in [6.45, 7) is 0. The normalized spacial score (nSPS) is 23.1. The molecule has 114 valence electrons. The van der Waals surface area contributed by atoms with Gasteiger partial charge >= 0.3 is 0 Å². The van der Waals surface area contributed by atoms with Gasteiger partial charge in [0.05, 0.1) is 5.02 Å². The van der Waals surface area contributed by atoms with Gasteiger partial charge < -0.3 is 5.73 Å². The lowest BCUT2D eigenvalue weighted by Crippen LogP contribution is -2.40. The summed E-state index contributed by atoms with van der Waals surface area (Å²) < 4.78 is 27.2. The van der Waals surface area contributed by atoms with Crippen molar-refractivity contribution in [3.05, 3.63) is 28.2 Å². The predicted molar refractivity (Wildman–Crippen MR) is 84.3 cm³/mol.